The zero-order valence-corrected chi connectivity index (χ0v) is 7.55. The number of hydrogen-bond donors (Lipinski definition) is 1. The molecule has 0 radical (unpaired) electrons. The molecule has 0 aromatic rings. The SMILES string of the molecule is C[C@@H]1CN(C2CCC2)C(=O)CN1. The molecule has 2 aliphatic rings. The minimum Gasteiger partial charge on any atom is -0.337 e. The molecule has 0 aromatic carbocycles. The van der Waals surface area contributed by atoms with E-state index in [0.29, 0.717) is 18.6 Å². The lowest BCUT2D eigenvalue weighted by molar-refractivity contribution is -0.137. The van der Waals surface area contributed by atoms with Gasteiger partial charge in [0.05, 0.1) is 6.54 Å². The zero-order valence-electron chi connectivity index (χ0n) is 7.55. The number of amides is 1. The summed E-state index contributed by atoms with van der Waals surface area (Å²) >= 11 is 0. The third kappa shape index (κ3) is 1.33. The van der Waals surface area contributed by atoms with Crippen molar-refractivity contribution in [3.63, 3.8) is 0 Å². The van der Waals surface area contributed by atoms with E-state index in [1.807, 2.05) is 0 Å². The summed E-state index contributed by atoms with van der Waals surface area (Å²) in [7, 11) is 0. The summed E-state index contributed by atoms with van der Waals surface area (Å²) in [5.74, 6) is 0.290. The van der Waals surface area contributed by atoms with E-state index in [0.717, 1.165) is 6.54 Å². The fraction of sp³-hybridized carbons (Fsp3) is 0.889. The molecule has 1 saturated heterocycles. The van der Waals surface area contributed by atoms with Crippen LogP contribution in [-0.4, -0.2) is 36.0 Å². The van der Waals surface area contributed by atoms with Crippen molar-refractivity contribution in [1.29, 1.82) is 0 Å². The van der Waals surface area contributed by atoms with Crippen molar-refractivity contribution in [2.45, 2.75) is 38.3 Å². The highest BCUT2D eigenvalue weighted by Gasteiger charge is 2.31. The van der Waals surface area contributed by atoms with Gasteiger partial charge < -0.3 is 10.2 Å². The Kier molecular flexibility index (Phi) is 2.05. The third-order valence-corrected chi connectivity index (χ3v) is 2.91. The first-order valence-electron chi connectivity index (χ1n) is 4.80. The molecule has 1 aliphatic heterocycles. The zero-order chi connectivity index (χ0) is 8.55. The van der Waals surface area contributed by atoms with E-state index in [-0.39, 0.29) is 5.91 Å². The first-order chi connectivity index (χ1) is 5.77. The van der Waals surface area contributed by atoms with Crippen molar-refractivity contribution in [3.8, 4) is 0 Å². The fourth-order valence-electron chi connectivity index (χ4n) is 1.88. The van der Waals surface area contributed by atoms with Gasteiger partial charge in [0, 0.05) is 18.6 Å². The van der Waals surface area contributed by atoms with E-state index in [1.165, 1.54) is 19.3 Å². The molecule has 1 saturated carbocycles. The standard InChI is InChI=1S/C9H16N2O/c1-7-6-11(8-3-2-4-8)9(12)5-10-7/h7-8,10H,2-6H2,1H3/t7-/m1/s1. The minimum absolute atomic E-state index is 0.290. The molecule has 12 heavy (non-hydrogen) atoms. The molecule has 0 aromatic heterocycles. The quantitative estimate of drug-likeness (QED) is 0.613. The van der Waals surface area contributed by atoms with Crippen LogP contribution in [0.15, 0.2) is 0 Å². The first-order valence-corrected chi connectivity index (χ1v) is 4.80. The molecule has 1 N–H and O–H groups in total. The molecule has 1 heterocycles. The Hall–Kier alpha value is -0.570. The van der Waals surface area contributed by atoms with E-state index < -0.39 is 0 Å². The van der Waals surface area contributed by atoms with Crippen molar-refractivity contribution in [2.75, 3.05) is 13.1 Å². The summed E-state index contributed by atoms with van der Waals surface area (Å²) in [6.45, 7) is 3.58. The maximum atomic E-state index is 11.4. The van der Waals surface area contributed by atoms with Crippen LogP contribution in [0.25, 0.3) is 0 Å². The number of piperazine rings is 1. The second-order valence-electron chi connectivity index (χ2n) is 3.91. The minimum atomic E-state index is 0.290. The molecule has 1 amide bonds. The van der Waals surface area contributed by atoms with Gasteiger partial charge in [-0.2, -0.15) is 0 Å². The Morgan fingerprint density at radius 1 is 1.50 bits per heavy atom. The van der Waals surface area contributed by atoms with Crippen molar-refractivity contribution in [3.05, 3.63) is 0 Å². The van der Waals surface area contributed by atoms with Crippen LogP contribution in [0.3, 0.4) is 0 Å². The van der Waals surface area contributed by atoms with Crippen LogP contribution in [0.2, 0.25) is 0 Å². The van der Waals surface area contributed by atoms with Gasteiger partial charge in [-0.25, -0.2) is 0 Å². The molecule has 0 unspecified atom stereocenters. The van der Waals surface area contributed by atoms with Crippen LogP contribution < -0.4 is 5.32 Å². The van der Waals surface area contributed by atoms with Crippen LogP contribution in [0.4, 0.5) is 0 Å². The van der Waals surface area contributed by atoms with Crippen molar-refractivity contribution >= 4 is 5.91 Å². The van der Waals surface area contributed by atoms with E-state index in [4.69, 9.17) is 0 Å². The lowest BCUT2D eigenvalue weighted by Crippen LogP contribution is -2.57. The average molecular weight is 168 g/mol. The number of nitrogens with zero attached hydrogens (tertiary/aromatic N) is 1. The Bertz CT molecular complexity index is 189. The predicted octanol–water partition coefficient (Wildman–Crippen LogP) is 0.359. The second-order valence-corrected chi connectivity index (χ2v) is 3.91. The van der Waals surface area contributed by atoms with Crippen LogP contribution in [0.1, 0.15) is 26.2 Å². The molecular weight excluding hydrogens is 152 g/mol. The Morgan fingerprint density at radius 3 is 2.83 bits per heavy atom. The van der Waals surface area contributed by atoms with Crippen molar-refractivity contribution < 1.29 is 4.79 Å². The molecule has 0 bridgehead atoms. The van der Waals surface area contributed by atoms with Gasteiger partial charge in [0.15, 0.2) is 0 Å². The van der Waals surface area contributed by atoms with Gasteiger partial charge in [0.1, 0.15) is 0 Å². The van der Waals surface area contributed by atoms with Crippen molar-refractivity contribution in [1.82, 2.24) is 10.2 Å². The van der Waals surface area contributed by atoms with Gasteiger partial charge in [0.25, 0.3) is 0 Å². The Balaban J connectivity index is 1.96. The predicted molar refractivity (Wildman–Crippen MR) is 46.8 cm³/mol. The third-order valence-electron chi connectivity index (χ3n) is 2.91. The van der Waals surface area contributed by atoms with Gasteiger partial charge in [-0.1, -0.05) is 0 Å². The van der Waals surface area contributed by atoms with Gasteiger partial charge in [0.2, 0.25) is 5.91 Å². The molecule has 2 fully saturated rings. The van der Waals surface area contributed by atoms with Gasteiger partial charge in [-0.3, -0.25) is 4.79 Å². The van der Waals surface area contributed by atoms with E-state index >= 15 is 0 Å². The summed E-state index contributed by atoms with van der Waals surface area (Å²) in [6, 6.07) is 1.05. The largest absolute Gasteiger partial charge is 0.337 e. The molecule has 1 aliphatic carbocycles. The lowest BCUT2D eigenvalue weighted by atomic mass is 9.90. The number of carbonyl (C=O) groups is 1. The molecule has 0 spiro atoms. The summed E-state index contributed by atoms with van der Waals surface area (Å²) in [4.78, 5) is 13.5. The second kappa shape index (κ2) is 3.05. The summed E-state index contributed by atoms with van der Waals surface area (Å²) < 4.78 is 0. The molecule has 2 rings (SSSR count). The Morgan fingerprint density at radius 2 is 2.25 bits per heavy atom. The van der Waals surface area contributed by atoms with Crippen LogP contribution >= 0.6 is 0 Å². The number of nitrogens with one attached hydrogen (secondary N) is 1. The normalized spacial score (nSPS) is 31.9. The number of hydrogen-bond acceptors (Lipinski definition) is 2. The molecule has 1 atom stereocenters. The smallest absolute Gasteiger partial charge is 0.236 e. The van der Waals surface area contributed by atoms with Gasteiger partial charge >= 0.3 is 0 Å². The highest BCUT2D eigenvalue weighted by molar-refractivity contribution is 5.79. The molecular formula is C9H16N2O. The lowest BCUT2D eigenvalue weighted by Gasteiger charge is -2.42. The van der Waals surface area contributed by atoms with Crippen molar-refractivity contribution in [2.24, 2.45) is 0 Å². The Labute approximate surface area is 73.1 Å². The molecule has 68 valence electrons. The maximum absolute atomic E-state index is 11.4. The van der Waals surface area contributed by atoms with E-state index in [1.54, 1.807) is 0 Å². The number of rotatable bonds is 1. The van der Waals surface area contributed by atoms with E-state index in [2.05, 4.69) is 17.1 Å². The van der Waals surface area contributed by atoms with Gasteiger partial charge in [-0.05, 0) is 26.2 Å². The maximum Gasteiger partial charge on any atom is 0.236 e. The van der Waals surface area contributed by atoms with Crippen LogP contribution in [0, 0.1) is 0 Å². The average Bonchev–Trinajstić information content (AvgIpc) is 1.93. The summed E-state index contributed by atoms with van der Waals surface area (Å²) in [5, 5.41) is 3.17. The summed E-state index contributed by atoms with van der Waals surface area (Å²) in [5.41, 5.74) is 0. The van der Waals surface area contributed by atoms with Crippen LogP contribution in [-0.2, 0) is 4.79 Å². The topological polar surface area (TPSA) is 32.3 Å². The highest BCUT2D eigenvalue weighted by atomic mass is 16.2. The van der Waals surface area contributed by atoms with Gasteiger partial charge in [-0.15, -0.1) is 0 Å². The highest BCUT2D eigenvalue weighted by Crippen LogP contribution is 2.25. The number of carbonyl (C=O) groups excluding carboxylic acids is 1. The summed E-state index contributed by atoms with van der Waals surface area (Å²) in [6.07, 6.45) is 3.74. The first kappa shape index (κ1) is 8.05. The monoisotopic (exact) mass is 168 g/mol. The van der Waals surface area contributed by atoms with E-state index in [9.17, 15) is 4.79 Å². The fourth-order valence-corrected chi connectivity index (χ4v) is 1.88. The molecule has 3 nitrogen and oxygen atoms in total. The van der Waals surface area contributed by atoms with Crippen LogP contribution in [0.5, 0.6) is 0 Å². The molecule has 3 heteroatoms.